The second-order valence-corrected chi connectivity index (χ2v) is 6.75. The Bertz CT molecular complexity index is 529. The quantitative estimate of drug-likeness (QED) is 0.758. The van der Waals surface area contributed by atoms with Gasteiger partial charge in [-0.2, -0.15) is 4.31 Å². The number of nitrogens with one attached hydrogen (secondary N) is 1. The molecular formula is C13H21N3O3S. The highest BCUT2D eigenvalue weighted by Crippen LogP contribution is 2.05. The first kappa shape index (κ1) is 16.6. The summed E-state index contributed by atoms with van der Waals surface area (Å²) < 4.78 is 24.5. The number of sulfonamides is 1. The minimum Gasteiger partial charge on any atom is -0.352 e. The average Bonchev–Trinajstić information content (AvgIpc) is 2.37. The monoisotopic (exact) mass is 299 g/mol. The summed E-state index contributed by atoms with van der Waals surface area (Å²) in [6.45, 7) is 4.49. The van der Waals surface area contributed by atoms with E-state index in [4.69, 9.17) is 0 Å². The Morgan fingerprint density at radius 1 is 1.35 bits per heavy atom. The molecule has 0 radical (unpaired) electrons. The molecule has 0 atom stereocenters. The lowest BCUT2D eigenvalue weighted by molar-refractivity contribution is 0.0952. The van der Waals surface area contributed by atoms with Gasteiger partial charge in [-0.1, -0.05) is 0 Å². The second-order valence-electron chi connectivity index (χ2n) is 4.81. The fraction of sp³-hybridized carbons (Fsp3) is 0.538. The molecule has 112 valence electrons. The van der Waals surface area contributed by atoms with Gasteiger partial charge in [-0.05, 0) is 32.4 Å². The molecule has 6 nitrogen and oxygen atoms in total. The van der Waals surface area contributed by atoms with E-state index >= 15 is 0 Å². The number of nitrogens with zero attached hydrogens (tertiary/aromatic N) is 2. The van der Waals surface area contributed by atoms with Crippen LogP contribution in [-0.4, -0.2) is 49.0 Å². The number of aromatic nitrogens is 1. The molecule has 0 fully saturated rings. The third-order valence-corrected chi connectivity index (χ3v) is 4.24. The van der Waals surface area contributed by atoms with E-state index in [1.54, 1.807) is 24.5 Å². The highest BCUT2D eigenvalue weighted by molar-refractivity contribution is 7.88. The average molecular weight is 299 g/mol. The third-order valence-electron chi connectivity index (χ3n) is 2.79. The van der Waals surface area contributed by atoms with Gasteiger partial charge in [0, 0.05) is 37.1 Å². The van der Waals surface area contributed by atoms with Crippen molar-refractivity contribution in [1.82, 2.24) is 14.6 Å². The van der Waals surface area contributed by atoms with E-state index in [2.05, 4.69) is 10.3 Å². The highest BCUT2D eigenvalue weighted by Gasteiger charge is 2.19. The van der Waals surface area contributed by atoms with Crippen LogP contribution >= 0.6 is 0 Å². The Hall–Kier alpha value is -1.47. The molecule has 0 aliphatic heterocycles. The van der Waals surface area contributed by atoms with Gasteiger partial charge in [-0.3, -0.25) is 9.78 Å². The Morgan fingerprint density at radius 3 is 2.45 bits per heavy atom. The molecule has 1 aromatic rings. The van der Waals surface area contributed by atoms with Gasteiger partial charge in [0.2, 0.25) is 10.0 Å². The largest absolute Gasteiger partial charge is 0.352 e. The molecule has 0 saturated carbocycles. The zero-order valence-corrected chi connectivity index (χ0v) is 12.9. The number of amides is 1. The van der Waals surface area contributed by atoms with Crippen molar-refractivity contribution in [3.63, 3.8) is 0 Å². The van der Waals surface area contributed by atoms with Crippen LogP contribution in [0.15, 0.2) is 24.5 Å². The first-order valence-corrected chi connectivity index (χ1v) is 8.32. The second kappa shape index (κ2) is 7.35. The number of hydrogen-bond donors (Lipinski definition) is 1. The molecule has 1 rings (SSSR count). The molecule has 0 aromatic carbocycles. The minimum absolute atomic E-state index is 0.0825. The summed E-state index contributed by atoms with van der Waals surface area (Å²) >= 11 is 0. The van der Waals surface area contributed by atoms with Gasteiger partial charge in [-0.25, -0.2) is 8.42 Å². The van der Waals surface area contributed by atoms with Crippen LogP contribution in [0.4, 0.5) is 0 Å². The Morgan fingerprint density at radius 2 is 1.95 bits per heavy atom. The molecule has 7 heteroatoms. The lowest BCUT2D eigenvalue weighted by Crippen LogP contribution is -2.38. The lowest BCUT2D eigenvalue weighted by atomic mass is 10.2. The molecule has 0 saturated heterocycles. The third kappa shape index (κ3) is 5.26. The molecule has 0 aliphatic carbocycles. The number of carbonyl (C=O) groups excluding carboxylic acids is 1. The molecule has 1 amide bonds. The smallest absolute Gasteiger partial charge is 0.251 e. The van der Waals surface area contributed by atoms with Gasteiger partial charge >= 0.3 is 0 Å². The summed E-state index contributed by atoms with van der Waals surface area (Å²) in [7, 11) is -3.20. The van der Waals surface area contributed by atoms with Crippen molar-refractivity contribution in [3.05, 3.63) is 30.1 Å². The molecule has 0 unspecified atom stereocenters. The number of rotatable bonds is 7. The maximum atomic E-state index is 11.7. The van der Waals surface area contributed by atoms with E-state index in [-0.39, 0.29) is 11.9 Å². The SMILES string of the molecule is CC(C)N(CCCNC(=O)c1ccncc1)S(C)(=O)=O. The van der Waals surface area contributed by atoms with E-state index < -0.39 is 10.0 Å². The first-order chi connectivity index (χ1) is 9.32. The fourth-order valence-electron chi connectivity index (χ4n) is 1.85. The van der Waals surface area contributed by atoms with Crippen LogP contribution in [-0.2, 0) is 10.0 Å². The predicted molar refractivity (Wildman–Crippen MR) is 77.9 cm³/mol. The topological polar surface area (TPSA) is 79.4 Å². The van der Waals surface area contributed by atoms with E-state index in [9.17, 15) is 13.2 Å². The Kier molecular flexibility index (Phi) is 6.09. The van der Waals surface area contributed by atoms with Crippen molar-refractivity contribution in [3.8, 4) is 0 Å². The summed E-state index contributed by atoms with van der Waals surface area (Å²) in [6, 6.07) is 3.18. The van der Waals surface area contributed by atoms with Crippen molar-refractivity contribution < 1.29 is 13.2 Å². The highest BCUT2D eigenvalue weighted by atomic mass is 32.2. The fourth-order valence-corrected chi connectivity index (χ4v) is 3.08. The van der Waals surface area contributed by atoms with Crippen LogP contribution in [0.3, 0.4) is 0 Å². The number of pyridine rings is 1. The van der Waals surface area contributed by atoms with Crippen LogP contribution < -0.4 is 5.32 Å². The van der Waals surface area contributed by atoms with Gasteiger partial charge in [0.15, 0.2) is 0 Å². The summed E-state index contributed by atoms with van der Waals surface area (Å²) in [4.78, 5) is 15.6. The first-order valence-electron chi connectivity index (χ1n) is 6.47. The molecule has 1 heterocycles. The van der Waals surface area contributed by atoms with Crippen LogP contribution in [0.5, 0.6) is 0 Å². The summed E-state index contributed by atoms with van der Waals surface area (Å²) in [5.41, 5.74) is 0.545. The van der Waals surface area contributed by atoms with Gasteiger partial charge in [-0.15, -0.1) is 0 Å². The molecule has 0 bridgehead atoms. The number of hydrogen-bond acceptors (Lipinski definition) is 4. The Balaban J connectivity index is 2.40. The standard InChI is InChI=1S/C13H21N3O3S/c1-11(2)16(20(3,18)19)10-4-7-15-13(17)12-5-8-14-9-6-12/h5-6,8-9,11H,4,7,10H2,1-3H3,(H,15,17). The molecule has 0 spiro atoms. The summed E-state index contributed by atoms with van der Waals surface area (Å²) in [6.07, 6.45) is 4.88. The molecule has 0 aliphatic rings. The van der Waals surface area contributed by atoms with E-state index in [1.807, 2.05) is 13.8 Å². The minimum atomic E-state index is -3.20. The van der Waals surface area contributed by atoms with Crippen molar-refractivity contribution >= 4 is 15.9 Å². The number of carbonyl (C=O) groups is 1. The maximum Gasteiger partial charge on any atom is 0.251 e. The van der Waals surface area contributed by atoms with Crippen molar-refractivity contribution in [2.24, 2.45) is 0 Å². The van der Waals surface area contributed by atoms with Crippen LogP contribution in [0.1, 0.15) is 30.6 Å². The van der Waals surface area contributed by atoms with Crippen molar-refractivity contribution in [1.29, 1.82) is 0 Å². The van der Waals surface area contributed by atoms with E-state index in [0.717, 1.165) is 0 Å². The molecule has 20 heavy (non-hydrogen) atoms. The Labute approximate surface area is 120 Å². The summed E-state index contributed by atoms with van der Waals surface area (Å²) in [5.74, 6) is -0.178. The molecule has 1 aromatic heterocycles. The van der Waals surface area contributed by atoms with E-state index in [0.29, 0.717) is 25.1 Å². The predicted octanol–water partition coefficient (Wildman–Crippen LogP) is 0.872. The molecule has 1 N–H and O–H groups in total. The van der Waals surface area contributed by atoms with Gasteiger partial charge < -0.3 is 5.32 Å². The normalized spacial score (nSPS) is 11.8. The van der Waals surface area contributed by atoms with Crippen molar-refractivity contribution in [2.45, 2.75) is 26.3 Å². The van der Waals surface area contributed by atoms with Gasteiger partial charge in [0.05, 0.1) is 6.26 Å². The zero-order valence-electron chi connectivity index (χ0n) is 12.0. The zero-order chi connectivity index (χ0) is 15.2. The summed E-state index contributed by atoms with van der Waals surface area (Å²) in [5, 5.41) is 2.76. The van der Waals surface area contributed by atoms with Gasteiger partial charge in [0.25, 0.3) is 5.91 Å². The van der Waals surface area contributed by atoms with Gasteiger partial charge in [0.1, 0.15) is 0 Å². The van der Waals surface area contributed by atoms with E-state index in [1.165, 1.54) is 10.6 Å². The van der Waals surface area contributed by atoms with Crippen LogP contribution in [0.25, 0.3) is 0 Å². The lowest BCUT2D eigenvalue weighted by Gasteiger charge is -2.23. The van der Waals surface area contributed by atoms with Crippen molar-refractivity contribution in [2.75, 3.05) is 19.3 Å². The maximum absolute atomic E-state index is 11.7. The van der Waals surface area contributed by atoms with Crippen LogP contribution in [0.2, 0.25) is 0 Å². The molecular weight excluding hydrogens is 278 g/mol. The van der Waals surface area contributed by atoms with Crippen LogP contribution in [0, 0.1) is 0 Å².